The van der Waals surface area contributed by atoms with Crippen molar-refractivity contribution in [3.63, 3.8) is 0 Å². The van der Waals surface area contributed by atoms with Crippen LogP contribution < -0.4 is 0 Å². The Balaban J connectivity index is 2.42. The molecule has 0 saturated heterocycles. The molecule has 2 rings (SSSR count). The first-order valence-electron chi connectivity index (χ1n) is 4.41. The summed E-state index contributed by atoms with van der Waals surface area (Å²) in [7, 11) is 1.89. The van der Waals surface area contributed by atoms with Crippen molar-refractivity contribution >= 4 is 22.2 Å². The van der Waals surface area contributed by atoms with Gasteiger partial charge in [0.15, 0.2) is 6.29 Å². The largest absolute Gasteiger partial charge is 0.296 e. The van der Waals surface area contributed by atoms with E-state index in [2.05, 4.69) is 21.0 Å². The molecule has 1 fully saturated rings. The first-order chi connectivity index (χ1) is 6.24. The minimum Gasteiger partial charge on any atom is -0.296 e. The molecular weight excluding hydrogens is 232 g/mol. The summed E-state index contributed by atoms with van der Waals surface area (Å²) in [4.78, 5) is 10.6. The number of aldehydes is 1. The fraction of sp³-hybridized carbons (Fsp3) is 0.556. The van der Waals surface area contributed by atoms with Crippen molar-refractivity contribution in [2.45, 2.75) is 25.2 Å². The predicted octanol–water partition coefficient (Wildman–Crippen LogP) is 2.26. The molecule has 0 spiro atoms. The summed E-state index contributed by atoms with van der Waals surface area (Å²) in [5.41, 5.74) is 1.69. The Labute approximate surface area is 85.3 Å². The molecule has 0 atom stereocenters. The highest BCUT2D eigenvalue weighted by Crippen LogP contribution is 2.40. The Morgan fingerprint density at radius 3 is 2.69 bits per heavy atom. The van der Waals surface area contributed by atoms with Crippen LogP contribution in [-0.2, 0) is 7.05 Å². The number of aryl methyl sites for hydroxylation is 1. The zero-order valence-corrected chi connectivity index (χ0v) is 9.04. The molecule has 1 aromatic heterocycles. The third kappa shape index (κ3) is 1.33. The summed E-state index contributed by atoms with van der Waals surface area (Å²) in [6, 6.07) is 0. The van der Waals surface area contributed by atoms with Crippen LogP contribution in [0.25, 0.3) is 0 Å². The second-order valence-electron chi connectivity index (χ2n) is 3.45. The highest BCUT2D eigenvalue weighted by atomic mass is 79.9. The van der Waals surface area contributed by atoms with Crippen molar-refractivity contribution in [2.75, 3.05) is 0 Å². The lowest BCUT2D eigenvalue weighted by Crippen LogP contribution is -2.13. The Hall–Kier alpha value is -0.640. The lowest BCUT2D eigenvalue weighted by Gasteiger charge is -2.25. The van der Waals surface area contributed by atoms with E-state index in [4.69, 9.17) is 0 Å². The van der Waals surface area contributed by atoms with Crippen molar-refractivity contribution < 1.29 is 4.79 Å². The molecule has 0 aliphatic heterocycles. The summed E-state index contributed by atoms with van der Waals surface area (Å²) in [5.74, 6) is 0.598. The molecule has 1 saturated carbocycles. The topological polar surface area (TPSA) is 34.9 Å². The van der Waals surface area contributed by atoms with Crippen LogP contribution in [0.3, 0.4) is 0 Å². The second-order valence-corrected chi connectivity index (χ2v) is 4.25. The van der Waals surface area contributed by atoms with Gasteiger partial charge in [-0.3, -0.25) is 9.48 Å². The van der Waals surface area contributed by atoms with E-state index >= 15 is 0 Å². The highest BCUT2D eigenvalue weighted by Gasteiger charge is 2.26. The zero-order valence-electron chi connectivity index (χ0n) is 7.46. The van der Waals surface area contributed by atoms with Gasteiger partial charge in [-0.2, -0.15) is 5.10 Å². The Morgan fingerprint density at radius 1 is 1.62 bits per heavy atom. The molecule has 13 heavy (non-hydrogen) atoms. The smallest absolute Gasteiger partial charge is 0.171 e. The molecule has 0 bridgehead atoms. The Morgan fingerprint density at radius 2 is 2.31 bits per heavy atom. The van der Waals surface area contributed by atoms with Gasteiger partial charge in [0.05, 0.1) is 10.2 Å². The number of carbonyl (C=O) groups is 1. The molecule has 0 radical (unpaired) electrons. The maximum absolute atomic E-state index is 10.6. The van der Waals surface area contributed by atoms with Gasteiger partial charge in [-0.1, -0.05) is 6.42 Å². The number of nitrogens with zero attached hydrogens (tertiary/aromatic N) is 2. The molecule has 0 N–H and O–H groups in total. The molecule has 70 valence electrons. The number of hydrogen-bond acceptors (Lipinski definition) is 2. The van der Waals surface area contributed by atoms with E-state index in [0.717, 1.165) is 10.8 Å². The number of carbonyl (C=O) groups excluding carboxylic acids is 1. The first-order valence-corrected chi connectivity index (χ1v) is 5.21. The van der Waals surface area contributed by atoms with Gasteiger partial charge in [0.1, 0.15) is 5.69 Å². The number of hydrogen-bond donors (Lipinski definition) is 0. The van der Waals surface area contributed by atoms with E-state index in [1.165, 1.54) is 25.0 Å². The van der Waals surface area contributed by atoms with Crippen LogP contribution in [0.15, 0.2) is 4.47 Å². The van der Waals surface area contributed by atoms with Crippen molar-refractivity contribution in [3.05, 3.63) is 15.9 Å². The molecule has 1 aliphatic carbocycles. The molecule has 0 unspecified atom stereocenters. The molecule has 0 aromatic carbocycles. The monoisotopic (exact) mass is 242 g/mol. The fourth-order valence-electron chi connectivity index (χ4n) is 1.73. The van der Waals surface area contributed by atoms with E-state index in [-0.39, 0.29) is 0 Å². The summed E-state index contributed by atoms with van der Waals surface area (Å²) in [5, 5.41) is 4.13. The summed E-state index contributed by atoms with van der Waals surface area (Å²) < 4.78 is 2.70. The van der Waals surface area contributed by atoms with Gasteiger partial charge < -0.3 is 0 Å². The normalized spacial score (nSPS) is 17.1. The molecule has 4 heteroatoms. The van der Waals surface area contributed by atoms with Crippen LogP contribution >= 0.6 is 15.9 Å². The number of halogens is 1. The van der Waals surface area contributed by atoms with Crippen LogP contribution in [0.2, 0.25) is 0 Å². The number of rotatable bonds is 2. The third-order valence-electron chi connectivity index (χ3n) is 2.66. The lowest BCUT2D eigenvalue weighted by atomic mass is 9.83. The van der Waals surface area contributed by atoms with Crippen molar-refractivity contribution in [1.29, 1.82) is 0 Å². The van der Waals surface area contributed by atoms with E-state index in [1.54, 1.807) is 0 Å². The van der Waals surface area contributed by atoms with E-state index < -0.39 is 0 Å². The van der Waals surface area contributed by atoms with Crippen molar-refractivity contribution in [3.8, 4) is 0 Å². The van der Waals surface area contributed by atoms with Crippen LogP contribution in [-0.4, -0.2) is 16.1 Å². The van der Waals surface area contributed by atoms with Gasteiger partial charge in [-0.15, -0.1) is 0 Å². The van der Waals surface area contributed by atoms with Gasteiger partial charge in [0, 0.05) is 13.0 Å². The highest BCUT2D eigenvalue weighted by molar-refractivity contribution is 9.10. The molecule has 0 amide bonds. The van der Waals surface area contributed by atoms with Gasteiger partial charge >= 0.3 is 0 Å². The third-order valence-corrected chi connectivity index (χ3v) is 3.47. The van der Waals surface area contributed by atoms with Gasteiger partial charge in [-0.25, -0.2) is 0 Å². The minimum absolute atomic E-state index is 0.518. The van der Waals surface area contributed by atoms with Crippen LogP contribution in [0.1, 0.15) is 41.4 Å². The van der Waals surface area contributed by atoms with Crippen LogP contribution in [0.4, 0.5) is 0 Å². The van der Waals surface area contributed by atoms with Crippen molar-refractivity contribution in [1.82, 2.24) is 9.78 Å². The summed E-state index contributed by atoms with van der Waals surface area (Å²) in [6.07, 6.45) is 4.53. The summed E-state index contributed by atoms with van der Waals surface area (Å²) >= 11 is 3.42. The minimum atomic E-state index is 0.518. The van der Waals surface area contributed by atoms with Crippen molar-refractivity contribution in [2.24, 2.45) is 7.05 Å². The first kappa shape index (κ1) is 8.94. The Bertz CT molecular complexity index is 342. The van der Waals surface area contributed by atoms with Gasteiger partial charge in [-0.05, 0) is 28.8 Å². The van der Waals surface area contributed by atoms with Crippen LogP contribution in [0, 0.1) is 0 Å². The number of aromatic nitrogens is 2. The Kier molecular flexibility index (Phi) is 2.24. The summed E-state index contributed by atoms with van der Waals surface area (Å²) in [6.45, 7) is 0. The molecule has 1 aliphatic rings. The molecule has 1 heterocycles. The zero-order chi connectivity index (χ0) is 9.42. The SMILES string of the molecule is Cn1nc(C=O)c(Br)c1C1CCC1. The molecule has 3 nitrogen and oxygen atoms in total. The van der Waals surface area contributed by atoms with Gasteiger partial charge in [0.2, 0.25) is 0 Å². The van der Waals surface area contributed by atoms with Crippen LogP contribution in [0.5, 0.6) is 0 Å². The maximum Gasteiger partial charge on any atom is 0.171 e. The average Bonchev–Trinajstić information content (AvgIpc) is 2.29. The van der Waals surface area contributed by atoms with E-state index in [1.807, 2.05) is 11.7 Å². The van der Waals surface area contributed by atoms with Gasteiger partial charge in [0.25, 0.3) is 0 Å². The maximum atomic E-state index is 10.6. The van der Waals surface area contributed by atoms with E-state index in [9.17, 15) is 4.79 Å². The fourth-order valence-corrected chi connectivity index (χ4v) is 2.49. The predicted molar refractivity (Wildman–Crippen MR) is 52.9 cm³/mol. The lowest BCUT2D eigenvalue weighted by molar-refractivity contribution is 0.111. The quantitative estimate of drug-likeness (QED) is 0.747. The second kappa shape index (κ2) is 3.25. The molecular formula is C9H11BrN2O. The average molecular weight is 243 g/mol. The molecule has 1 aromatic rings. The van der Waals surface area contributed by atoms with E-state index in [0.29, 0.717) is 11.6 Å². The standard InChI is InChI=1S/C9H11BrN2O/c1-12-9(6-3-2-4-6)8(10)7(5-13)11-12/h5-6H,2-4H2,1H3.